The van der Waals surface area contributed by atoms with Crippen molar-refractivity contribution in [3.05, 3.63) is 58.0 Å². The predicted octanol–water partition coefficient (Wildman–Crippen LogP) is 2.40. The fraction of sp³-hybridized carbons (Fsp3) is 0.231. The van der Waals surface area contributed by atoms with E-state index in [0.717, 1.165) is 17.7 Å². The van der Waals surface area contributed by atoms with Gasteiger partial charge in [0.2, 0.25) is 0 Å². The quantitative estimate of drug-likeness (QED) is 0.507. The molecule has 0 saturated carbocycles. The van der Waals surface area contributed by atoms with Crippen molar-refractivity contribution in [3.63, 3.8) is 0 Å². The highest BCUT2D eigenvalue weighted by atomic mass is 16.6. The van der Waals surface area contributed by atoms with Crippen molar-refractivity contribution in [2.75, 3.05) is 12.8 Å². The summed E-state index contributed by atoms with van der Waals surface area (Å²) in [5.74, 6) is 0. The minimum Gasteiger partial charge on any atom is -0.472 e. The minimum absolute atomic E-state index is 0.0544. The van der Waals surface area contributed by atoms with Gasteiger partial charge in [0, 0.05) is 24.7 Å². The minimum atomic E-state index is -0.478. The second-order valence-corrected chi connectivity index (χ2v) is 4.45. The molecule has 0 aliphatic heterocycles. The zero-order chi connectivity index (χ0) is 13.8. The van der Waals surface area contributed by atoms with Crippen molar-refractivity contribution in [2.45, 2.75) is 13.1 Å². The van der Waals surface area contributed by atoms with Crippen LogP contribution >= 0.6 is 0 Å². The monoisotopic (exact) mass is 261 g/mol. The number of hydrogen-bond acceptors (Lipinski definition) is 5. The summed E-state index contributed by atoms with van der Waals surface area (Å²) in [4.78, 5) is 12.3. The van der Waals surface area contributed by atoms with Gasteiger partial charge >= 0.3 is 0 Å². The summed E-state index contributed by atoms with van der Waals surface area (Å²) in [5, 5.41) is 10.7. The lowest BCUT2D eigenvalue weighted by Crippen LogP contribution is -2.17. The van der Waals surface area contributed by atoms with E-state index in [1.807, 2.05) is 13.1 Å². The van der Waals surface area contributed by atoms with Crippen LogP contribution in [0.4, 0.5) is 11.4 Å². The summed E-state index contributed by atoms with van der Waals surface area (Å²) in [6.07, 6.45) is 3.33. The van der Waals surface area contributed by atoms with Crippen molar-refractivity contribution in [1.29, 1.82) is 0 Å². The average molecular weight is 261 g/mol. The molecule has 0 aliphatic carbocycles. The lowest BCUT2D eigenvalue weighted by atomic mass is 10.1. The predicted molar refractivity (Wildman–Crippen MR) is 71.4 cm³/mol. The molecule has 0 aliphatic rings. The first-order valence-corrected chi connectivity index (χ1v) is 5.78. The largest absolute Gasteiger partial charge is 0.472 e. The Morgan fingerprint density at radius 1 is 1.32 bits per heavy atom. The van der Waals surface area contributed by atoms with Gasteiger partial charge in [-0.3, -0.25) is 15.0 Å². The maximum atomic E-state index is 10.7. The Bertz CT molecular complexity index is 567. The highest BCUT2D eigenvalue weighted by Crippen LogP contribution is 2.22. The molecule has 100 valence electrons. The normalized spacial score (nSPS) is 10.8. The number of benzene rings is 1. The first-order chi connectivity index (χ1) is 9.06. The Labute approximate surface area is 110 Å². The van der Waals surface area contributed by atoms with Crippen LogP contribution < -0.4 is 5.73 Å². The number of nitro groups is 1. The maximum Gasteiger partial charge on any atom is 0.292 e. The molecule has 0 bridgehead atoms. The van der Waals surface area contributed by atoms with E-state index >= 15 is 0 Å². The summed E-state index contributed by atoms with van der Waals surface area (Å²) in [7, 11) is 1.96. The molecule has 1 aromatic carbocycles. The number of rotatable bonds is 5. The third-order valence-corrected chi connectivity index (χ3v) is 2.77. The van der Waals surface area contributed by atoms with Crippen molar-refractivity contribution in [1.82, 2.24) is 4.90 Å². The molecule has 6 heteroatoms. The van der Waals surface area contributed by atoms with Crippen LogP contribution in [0.5, 0.6) is 0 Å². The van der Waals surface area contributed by atoms with Gasteiger partial charge in [-0.05, 0) is 24.7 Å². The Morgan fingerprint density at radius 3 is 2.63 bits per heavy atom. The van der Waals surface area contributed by atoms with E-state index in [4.69, 9.17) is 10.2 Å². The maximum absolute atomic E-state index is 10.7. The number of hydrogen-bond donors (Lipinski definition) is 1. The fourth-order valence-electron chi connectivity index (χ4n) is 1.93. The second-order valence-electron chi connectivity index (χ2n) is 4.45. The highest BCUT2D eigenvalue weighted by molar-refractivity contribution is 5.59. The molecule has 2 rings (SSSR count). The summed E-state index contributed by atoms with van der Waals surface area (Å²) in [5.41, 5.74) is 7.82. The molecular weight excluding hydrogens is 246 g/mol. The third-order valence-electron chi connectivity index (χ3n) is 2.77. The van der Waals surface area contributed by atoms with Crippen LogP contribution in [-0.4, -0.2) is 16.9 Å². The standard InChI is InChI=1S/C13H15N3O3/c1-15(8-11-4-5-19-9-11)7-10-2-3-13(16(17)18)12(14)6-10/h2-6,9H,7-8,14H2,1H3. The van der Waals surface area contributed by atoms with Gasteiger partial charge in [0.1, 0.15) is 5.69 Å². The van der Waals surface area contributed by atoms with E-state index in [1.165, 1.54) is 6.07 Å². The zero-order valence-corrected chi connectivity index (χ0v) is 10.6. The first-order valence-electron chi connectivity index (χ1n) is 5.78. The lowest BCUT2D eigenvalue weighted by molar-refractivity contribution is -0.383. The number of anilines is 1. The molecule has 0 amide bonds. The molecule has 0 radical (unpaired) electrons. The smallest absolute Gasteiger partial charge is 0.292 e. The molecule has 0 fully saturated rings. The van der Waals surface area contributed by atoms with Crippen molar-refractivity contribution >= 4 is 11.4 Å². The Morgan fingerprint density at radius 2 is 2.05 bits per heavy atom. The molecule has 1 heterocycles. The molecule has 19 heavy (non-hydrogen) atoms. The van der Waals surface area contributed by atoms with E-state index in [9.17, 15) is 10.1 Å². The van der Waals surface area contributed by atoms with Crippen molar-refractivity contribution in [3.8, 4) is 0 Å². The molecule has 6 nitrogen and oxygen atoms in total. The Hall–Kier alpha value is -2.34. The molecule has 0 saturated heterocycles. The molecule has 1 aromatic heterocycles. The average Bonchev–Trinajstić information content (AvgIpc) is 2.81. The van der Waals surface area contributed by atoms with Gasteiger partial charge < -0.3 is 10.2 Å². The molecule has 0 spiro atoms. The summed E-state index contributed by atoms with van der Waals surface area (Å²) < 4.78 is 5.01. The Balaban J connectivity index is 2.03. The van der Waals surface area contributed by atoms with Gasteiger partial charge in [0.15, 0.2) is 0 Å². The van der Waals surface area contributed by atoms with Crippen LogP contribution in [0.3, 0.4) is 0 Å². The number of furan rings is 1. The Kier molecular flexibility index (Phi) is 3.82. The molecule has 0 atom stereocenters. The summed E-state index contributed by atoms with van der Waals surface area (Å²) in [6, 6.07) is 6.71. The molecular formula is C13H15N3O3. The number of nitro benzene ring substituents is 1. The van der Waals surface area contributed by atoms with Crippen LogP contribution in [0.2, 0.25) is 0 Å². The topological polar surface area (TPSA) is 85.5 Å². The summed E-state index contributed by atoms with van der Waals surface area (Å²) in [6.45, 7) is 1.40. The highest BCUT2D eigenvalue weighted by Gasteiger charge is 2.12. The van der Waals surface area contributed by atoms with Crippen LogP contribution in [0, 0.1) is 10.1 Å². The second kappa shape index (κ2) is 5.53. The van der Waals surface area contributed by atoms with Gasteiger partial charge in [0.25, 0.3) is 5.69 Å². The van der Waals surface area contributed by atoms with Gasteiger partial charge in [-0.1, -0.05) is 6.07 Å². The zero-order valence-electron chi connectivity index (χ0n) is 10.6. The van der Waals surface area contributed by atoms with E-state index in [-0.39, 0.29) is 11.4 Å². The number of nitrogen functional groups attached to an aromatic ring is 1. The third kappa shape index (κ3) is 3.32. The van der Waals surface area contributed by atoms with Crippen molar-refractivity contribution in [2.24, 2.45) is 0 Å². The van der Waals surface area contributed by atoms with Crippen LogP contribution in [0.25, 0.3) is 0 Å². The van der Waals surface area contributed by atoms with Gasteiger partial charge in [-0.2, -0.15) is 0 Å². The fourth-order valence-corrected chi connectivity index (χ4v) is 1.93. The van der Waals surface area contributed by atoms with Gasteiger partial charge in [0.05, 0.1) is 17.4 Å². The van der Waals surface area contributed by atoms with Gasteiger partial charge in [-0.25, -0.2) is 0 Å². The summed E-state index contributed by atoms with van der Waals surface area (Å²) >= 11 is 0. The van der Waals surface area contributed by atoms with E-state index in [1.54, 1.807) is 24.7 Å². The van der Waals surface area contributed by atoms with Crippen LogP contribution in [0.15, 0.2) is 41.2 Å². The van der Waals surface area contributed by atoms with Crippen molar-refractivity contribution < 1.29 is 9.34 Å². The molecule has 2 N–H and O–H groups in total. The molecule has 2 aromatic rings. The molecule has 0 unspecified atom stereocenters. The first kappa shape index (κ1) is 13.1. The lowest BCUT2D eigenvalue weighted by Gasteiger charge is -2.15. The van der Waals surface area contributed by atoms with E-state index in [0.29, 0.717) is 6.54 Å². The van der Waals surface area contributed by atoms with E-state index < -0.39 is 4.92 Å². The SMILES string of the molecule is CN(Cc1ccoc1)Cc1ccc([N+](=O)[O-])c(N)c1. The number of nitrogens with two attached hydrogens (primary N) is 1. The van der Waals surface area contributed by atoms with E-state index in [2.05, 4.69) is 4.90 Å². The van der Waals surface area contributed by atoms with Crippen LogP contribution in [0.1, 0.15) is 11.1 Å². The number of nitrogens with zero attached hydrogens (tertiary/aromatic N) is 2. The van der Waals surface area contributed by atoms with Crippen LogP contribution in [-0.2, 0) is 13.1 Å². The van der Waals surface area contributed by atoms with Gasteiger partial charge in [-0.15, -0.1) is 0 Å².